The van der Waals surface area contributed by atoms with Crippen molar-refractivity contribution in [2.24, 2.45) is 0 Å². The molecule has 0 amide bonds. The number of rotatable bonds is 14. The molecule has 2 heteroatoms. The molecule has 0 atom stereocenters. The van der Waals surface area contributed by atoms with E-state index in [1.54, 1.807) is 0 Å². The summed E-state index contributed by atoms with van der Waals surface area (Å²) in [5, 5.41) is 0. The number of allylic oxidation sites excluding steroid dienone is 2. The fraction of sp³-hybridized carbons (Fsp3) is 0.833. The van der Waals surface area contributed by atoms with E-state index in [4.69, 9.17) is 4.74 Å². The number of ether oxygens (including phenoxy) is 1. The SMILES string of the molecule is CCCCCC/C=C\CCCCCCCCOC(C)=O. The van der Waals surface area contributed by atoms with Crippen molar-refractivity contribution in [2.45, 2.75) is 90.9 Å². The van der Waals surface area contributed by atoms with Crippen LogP contribution in [0.15, 0.2) is 12.2 Å². The first kappa shape index (κ1) is 19.2. The summed E-state index contributed by atoms with van der Waals surface area (Å²) in [6.45, 7) is 4.32. The van der Waals surface area contributed by atoms with E-state index in [2.05, 4.69) is 19.1 Å². The quantitative estimate of drug-likeness (QED) is 0.228. The summed E-state index contributed by atoms with van der Waals surface area (Å²) in [4.78, 5) is 10.5. The zero-order chi connectivity index (χ0) is 14.9. The van der Waals surface area contributed by atoms with Crippen LogP contribution in [0.3, 0.4) is 0 Å². The molecule has 0 rings (SSSR count). The number of hydrogen-bond donors (Lipinski definition) is 0. The maximum absolute atomic E-state index is 10.5. The Hall–Kier alpha value is -0.790. The maximum Gasteiger partial charge on any atom is 0.302 e. The first-order valence-corrected chi connectivity index (χ1v) is 8.55. The molecule has 0 saturated carbocycles. The van der Waals surface area contributed by atoms with Crippen LogP contribution in [0.5, 0.6) is 0 Å². The van der Waals surface area contributed by atoms with Gasteiger partial charge in [-0.05, 0) is 32.1 Å². The smallest absolute Gasteiger partial charge is 0.302 e. The zero-order valence-electron chi connectivity index (χ0n) is 13.7. The molecular weight excluding hydrogens is 248 g/mol. The minimum Gasteiger partial charge on any atom is -0.466 e. The van der Waals surface area contributed by atoms with Crippen LogP contribution in [0.4, 0.5) is 0 Å². The predicted molar refractivity (Wildman–Crippen MR) is 86.9 cm³/mol. The van der Waals surface area contributed by atoms with Crippen molar-refractivity contribution in [1.82, 2.24) is 0 Å². The molecule has 0 aliphatic heterocycles. The summed E-state index contributed by atoms with van der Waals surface area (Å²) in [6, 6.07) is 0. The number of carbonyl (C=O) groups excluding carboxylic acids is 1. The Bertz CT molecular complexity index is 234. The third-order valence-corrected chi connectivity index (χ3v) is 3.46. The number of esters is 1. The van der Waals surface area contributed by atoms with Crippen molar-refractivity contribution in [1.29, 1.82) is 0 Å². The average molecular weight is 282 g/mol. The lowest BCUT2D eigenvalue weighted by atomic mass is 10.1. The van der Waals surface area contributed by atoms with E-state index in [0.717, 1.165) is 6.42 Å². The van der Waals surface area contributed by atoms with Crippen molar-refractivity contribution in [3.05, 3.63) is 12.2 Å². The fourth-order valence-corrected chi connectivity index (χ4v) is 2.21. The molecule has 0 bridgehead atoms. The summed E-state index contributed by atoms with van der Waals surface area (Å²) in [5.41, 5.74) is 0. The molecule has 0 unspecified atom stereocenters. The van der Waals surface area contributed by atoms with Crippen LogP contribution in [0.25, 0.3) is 0 Å². The molecule has 0 saturated heterocycles. The molecule has 0 aliphatic carbocycles. The molecule has 2 nitrogen and oxygen atoms in total. The first-order valence-electron chi connectivity index (χ1n) is 8.55. The van der Waals surface area contributed by atoms with Gasteiger partial charge in [0.1, 0.15) is 0 Å². The van der Waals surface area contributed by atoms with Gasteiger partial charge in [-0.25, -0.2) is 0 Å². The zero-order valence-corrected chi connectivity index (χ0v) is 13.7. The summed E-state index contributed by atoms with van der Waals surface area (Å²) in [7, 11) is 0. The molecule has 20 heavy (non-hydrogen) atoms. The molecule has 0 heterocycles. The monoisotopic (exact) mass is 282 g/mol. The van der Waals surface area contributed by atoms with Gasteiger partial charge in [0.15, 0.2) is 0 Å². The molecule has 0 aromatic heterocycles. The van der Waals surface area contributed by atoms with E-state index in [9.17, 15) is 4.79 Å². The van der Waals surface area contributed by atoms with E-state index in [1.165, 1.54) is 77.6 Å². The standard InChI is InChI=1S/C18H34O2/c1-3-4-5-6-7-8-9-10-11-12-13-14-15-16-17-20-18(2)19/h8-9H,3-7,10-17H2,1-2H3/b9-8-. The van der Waals surface area contributed by atoms with Crippen LogP contribution in [0, 0.1) is 0 Å². The van der Waals surface area contributed by atoms with E-state index < -0.39 is 0 Å². The molecule has 0 N–H and O–H groups in total. The lowest BCUT2D eigenvalue weighted by molar-refractivity contribution is -0.141. The lowest BCUT2D eigenvalue weighted by Gasteiger charge is -2.02. The molecule has 0 fully saturated rings. The summed E-state index contributed by atoms with van der Waals surface area (Å²) in [6.07, 6.45) is 20.1. The van der Waals surface area contributed by atoms with Gasteiger partial charge in [-0.15, -0.1) is 0 Å². The maximum atomic E-state index is 10.5. The van der Waals surface area contributed by atoms with Crippen molar-refractivity contribution in [2.75, 3.05) is 6.61 Å². The van der Waals surface area contributed by atoms with Gasteiger partial charge in [0.25, 0.3) is 0 Å². The molecule has 118 valence electrons. The molecule has 0 radical (unpaired) electrons. The van der Waals surface area contributed by atoms with Gasteiger partial charge < -0.3 is 4.74 Å². The van der Waals surface area contributed by atoms with E-state index >= 15 is 0 Å². The number of carbonyl (C=O) groups is 1. The van der Waals surface area contributed by atoms with Crippen molar-refractivity contribution in [3.63, 3.8) is 0 Å². The topological polar surface area (TPSA) is 26.3 Å². The first-order chi connectivity index (χ1) is 9.77. The Labute approximate surface area is 126 Å². The predicted octanol–water partition coefficient (Wildman–Crippen LogP) is 5.81. The van der Waals surface area contributed by atoms with Gasteiger partial charge in [-0.3, -0.25) is 4.79 Å². The van der Waals surface area contributed by atoms with E-state index in [1.807, 2.05) is 0 Å². The molecule has 0 aliphatic rings. The summed E-state index contributed by atoms with van der Waals surface area (Å²) < 4.78 is 4.90. The lowest BCUT2D eigenvalue weighted by Crippen LogP contribution is -1.99. The van der Waals surface area contributed by atoms with Gasteiger partial charge >= 0.3 is 5.97 Å². The third kappa shape index (κ3) is 17.2. The minimum atomic E-state index is -0.161. The second-order valence-electron chi connectivity index (χ2n) is 5.57. The minimum absolute atomic E-state index is 0.161. The van der Waals surface area contributed by atoms with Gasteiger partial charge in [0.05, 0.1) is 6.61 Å². The highest BCUT2D eigenvalue weighted by Gasteiger charge is 1.93. The van der Waals surface area contributed by atoms with Crippen LogP contribution in [-0.4, -0.2) is 12.6 Å². The van der Waals surface area contributed by atoms with Crippen LogP contribution < -0.4 is 0 Å². The van der Waals surface area contributed by atoms with Gasteiger partial charge in [-0.1, -0.05) is 64.0 Å². The highest BCUT2D eigenvalue weighted by atomic mass is 16.5. The number of hydrogen-bond acceptors (Lipinski definition) is 2. The van der Waals surface area contributed by atoms with Crippen LogP contribution in [0.2, 0.25) is 0 Å². The largest absolute Gasteiger partial charge is 0.466 e. The van der Waals surface area contributed by atoms with E-state index in [-0.39, 0.29) is 5.97 Å². The highest BCUT2D eigenvalue weighted by Crippen LogP contribution is 2.08. The molecule has 0 aromatic rings. The Balaban J connectivity index is 3.05. The van der Waals surface area contributed by atoms with Gasteiger partial charge in [-0.2, -0.15) is 0 Å². The Morgan fingerprint density at radius 3 is 1.85 bits per heavy atom. The molecular formula is C18H34O2. The van der Waals surface area contributed by atoms with Gasteiger partial charge in [0, 0.05) is 6.92 Å². The normalized spacial score (nSPS) is 11.1. The summed E-state index contributed by atoms with van der Waals surface area (Å²) in [5.74, 6) is -0.161. The van der Waals surface area contributed by atoms with E-state index in [0.29, 0.717) is 6.61 Å². The molecule has 0 spiro atoms. The average Bonchev–Trinajstić information content (AvgIpc) is 2.43. The third-order valence-electron chi connectivity index (χ3n) is 3.46. The van der Waals surface area contributed by atoms with Crippen molar-refractivity contribution in [3.8, 4) is 0 Å². The Morgan fingerprint density at radius 1 is 0.800 bits per heavy atom. The Kier molecular flexibility index (Phi) is 15.6. The fourth-order valence-electron chi connectivity index (χ4n) is 2.21. The summed E-state index contributed by atoms with van der Waals surface area (Å²) >= 11 is 0. The number of unbranched alkanes of at least 4 members (excludes halogenated alkanes) is 10. The van der Waals surface area contributed by atoms with Crippen molar-refractivity contribution < 1.29 is 9.53 Å². The second kappa shape index (κ2) is 16.3. The second-order valence-corrected chi connectivity index (χ2v) is 5.57. The highest BCUT2D eigenvalue weighted by molar-refractivity contribution is 5.65. The van der Waals surface area contributed by atoms with Crippen LogP contribution in [-0.2, 0) is 9.53 Å². The van der Waals surface area contributed by atoms with Crippen LogP contribution in [0.1, 0.15) is 90.9 Å². The van der Waals surface area contributed by atoms with Gasteiger partial charge in [0.2, 0.25) is 0 Å². The molecule has 0 aromatic carbocycles. The van der Waals surface area contributed by atoms with Crippen LogP contribution >= 0.6 is 0 Å². The Morgan fingerprint density at radius 2 is 1.30 bits per heavy atom. The van der Waals surface area contributed by atoms with Crippen molar-refractivity contribution >= 4 is 5.97 Å².